The Bertz CT molecular complexity index is 313. The van der Waals surface area contributed by atoms with E-state index in [-0.39, 0.29) is 0 Å². The van der Waals surface area contributed by atoms with Gasteiger partial charge >= 0.3 is 0 Å². The SMILES string of the molecule is CCNc1cc(C)c(ON)c(OC)c1. The second kappa shape index (κ2) is 4.72. The number of methoxy groups -OCH3 is 1. The van der Waals surface area contributed by atoms with Gasteiger partial charge in [-0.25, -0.2) is 0 Å². The van der Waals surface area contributed by atoms with Gasteiger partial charge in [-0.05, 0) is 25.5 Å². The van der Waals surface area contributed by atoms with Crippen LogP contribution in [0.3, 0.4) is 0 Å². The molecule has 4 nitrogen and oxygen atoms in total. The summed E-state index contributed by atoms with van der Waals surface area (Å²) < 4.78 is 5.16. The molecule has 1 aromatic rings. The second-order valence-corrected chi connectivity index (χ2v) is 2.97. The van der Waals surface area contributed by atoms with E-state index >= 15 is 0 Å². The van der Waals surface area contributed by atoms with Crippen molar-refractivity contribution in [2.75, 3.05) is 19.0 Å². The fraction of sp³-hybridized carbons (Fsp3) is 0.400. The minimum atomic E-state index is 0.578. The Hall–Kier alpha value is -1.42. The van der Waals surface area contributed by atoms with E-state index in [1.165, 1.54) is 0 Å². The molecule has 0 spiro atoms. The zero-order valence-electron chi connectivity index (χ0n) is 8.76. The fourth-order valence-electron chi connectivity index (χ4n) is 1.35. The maximum atomic E-state index is 5.16. The third-order valence-electron chi connectivity index (χ3n) is 1.96. The molecule has 0 aromatic heterocycles. The molecule has 0 saturated heterocycles. The Kier molecular flexibility index (Phi) is 3.59. The summed E-state index contributed by atoms with van der Waals surface area (Å²) in [6, 6.07) is 3.83. The van der Waals surface area contributed by atoms with Crippen LogP contribution in [-0.4, -0.2) is 13.7 Å². The molecule has 4 heteroatoms. The summed E-state index contributed by atoms with van der Waals surface area (Å²) in [4.78, 5) is 4.75. The molecule has 0 fully saturated rings. The summed E-state index contributed by atoms with van der Waals surface area (Å²) in [5.41, 5.74) is 1.95. The van der Waals surface area contributed by atoms with Crippen LogP contribution < -0.4 is 20.8 Å². The van der Waals surface area contributed by atoms with Crippen LogP contribution >= 0.6 is 0 Å². The first-order valence-corrected chi connectivity index (χ1v) is 4.52. The molecule has 0 heterocycles. The van der Waals surface area contributed by atoms with Gasteiger partial charge in [-0.2, -0.15) is 5.90 Å². The number of hydrogen-bond acceptors (Lipinski definition) is 4. The number of rotatable bonds is 4. The first-order valence-electron chi connectivity index (χ1n) is 4.52. The van der Waals surface area contributed by atoms with Crippen molar-refractivity contribution in [3.63, 3.8) is 0 Å². The van der Waals surface area contributed by atoms with E-state index in [9.17, 15) is 0 Å². The molecule has 0 atom stereocenters. The summed E-state index contributed by atoms with van der Waals surface area (Å²) in [6.45, 7) is 4.83. The van der Waals surface area contributed by atoms with Gasteiger partial charge in [0.25, 0.3) is 0 Å². The highest BCUT2D eigenvalue weighted by Crippen LogP contribution is 2.33. The van der Waals surface area contributed by atoms with Crippen molar-refractivity contribution in [2.24, 2.45) is 5.90 Å². The summed E-state index contributed by atoms with van der Waals surface area (Å²) >= 11 is 0. The van der Waals surface area contributed by atoms with E-state index in [1.54, 1.807) is 7.11 Å². The Morgan fingerprint density at radius 3 is 2.64 bits per heavy atom. The minimum Gasteiger partial charge on any atom is -0.493 e. The molecule has 1 aromatic carbocycles. The highest BCUT2D eigenvalue weighted by atomic mass is 16.6. The summed E-state index contributed by atoms with van der Waals surface area (Å²) in [5.74, 6) is 6.37. The number of aryl methyl sites for hydroxylation is 1. The predicted octanol–water partition coefficient (Wildman–Crippen LogP) is 1.69. The first-order chi connectivity index (χ1) is 6.72. The van der Waals surface area contributed by atoms with Gasteiger partial charge in [0.15, 0.2) is 11.5 Å². The lowest BCUT2D eigenvalue weighted by molar-refractivity contribution is 0.304. The molecule has 78 valence electrons. The third-order valence-corrected chi connectivity index (χ3v) is 1.96. The number of anilines is 1. The Morgan fingerprint density at radius 2 is 2.14 bits per heavy atom. The zero-order valence-corrected chi connectivity index (χ0v) is 8.76. The van der Waals surface area contributed by atoms with E-state index in [0.29, 0.717) is 11.5 Å². The molecule has 14 heavy (non-hydrogen) atoms. The Morgan fingerprint density at radius 1 is 1.43 bits per heavy atom. The molecular formula is C10H16N2O2. The largest absolute Gasteiger partial charge is 0.493 e. The Balaban J connectivity index is 3.10. The van der Waals surface area contributed by atoms with E-state index in [4.69, 9.17) is 15.5 Å². The standard InChI is InChI=1S/C10H16N2O2/c1-4-12-8-5-7(2)10(14-11)9(6-8)13-3/h5-6,12H,4,11H2,1-3H3. The molecule has 0 amide bonds. The topological polar surface area (TPSA) is 56.5 Å². The maximum Gasteiger partial charge on any atom is 0.191 e. The van der Waals surface area contributed by atoms with Crippen LogP contribution in [-0.2, 0) is 0 Å². The maximum absolute atomic E-state index is 5.16. The van der Waals surface area contributed by atoms with E-state index in [1.807, 2.05) is 26.0 Å². The molecule has 0 aliphatic heterocycles. The smallest absolute Gasteiger partial charge is 0.191 e. The molecular weight excluding hydrogens is 180 g/mol. The lowest BCUT2D eigenvalue weighted by Gasteiger charge is -2.12. The number of nitrogens with one attached hydrogen (secondary N) is 1. The Labute approximate surface area is 84.0 Å². The summed E-state index contributed by atoms with van der Waals surface area (Å²) in [6.07, 6.45) is 0. The van der Waals surface area contributed by atoms with Crippen LogP contribution in [0, 0.1) is 6.92 Å². The van der Waals surface area contributed by atoms with Crippen molar-refractivity contribution >= 4 is 5.69 Å². The quantitative estimate of drug-likeness (QED) is 0.719. The van der Waals surface area contributed by atoms with Crippen LogP contribution in [0.15, 0.2) is 12.1 Å². The van der Waals surface area contributed by atoms with E-state index < -0.39 is 0 Å². The molecule has 0 bridgehead atoms. The number of benzene rings is 1. The minimum absolute atomic E-state index is 0.578. The highest BCUT2D eigenvalue weighted by molar-refractivity contribution is 5.58. The average molecular weight is 196 g/mol. The van der Waals surface area contributed by atoms with Crippen molar-refractivity contribution in [3.05, 3.63) is 17.7 Å². The summed E-state index contributed by atoms with van der Waals surface area (Å²) in [5, 5.41) is 3.20. The summed E-state index contributed by atoms with van der Waals surface area (Å²) in [7, 11) is 1.59. The van der Waals surface area contributed by atoms with Gasteiger partial charge in [0.1, 0.15) is 0 Å². The van der Waals surface area contributed by atoms with Gasteiger partial charge in [-0.1, -0.05) is 0 Å². The van der Waals surface area contributed by atoms with Crippen LogP contribution in [0.25, 0.3) is 0 Å². The molecule has 0 saturated carbocycles. The number of ether oxygens (including phenoxy) is 1. The van der Waals surface area contributed by atoms with Crippen molar-refractivity contribution in [2.45, 2.75) is 13.8 Å². The van der Waals surface area contributed by atoms with E-state index in [2.05, 4.69) is 5.32 Å². The van der Waals surface area contributed by atoms with Gasteiger partial charge in [0, 0.05) is 18.3 Å². The van der Waals surface area contributed by atoms with Gasteiger partial charge in [0.2, 0.25) is 0 Å². The third kappa shape index (κ3) is 2.09. The van der Waals surface area contributed by atoms with Crippen molar-refractivity contribution in [3.8, 4) is 11.5 Å². The van der Waals surface area contributed by atoms with Crippen molar-refractivity contribution < 1.29 is 9.57 Å². The highest BCUT2D eigenvalue weighted by Gasteiger charge is 2.09. The molecule has 0 unspecified atom stereocenters. The van der Waals surface area contributed by atoms with Gasteiger partial charge in [-0.15, -0.1) is 0 Å². The zero-order chi connectivity index (χ0) is 10.6. The van der Waals surface area contributed by atoms with Crippen molar-refractivity contribution in [1.82, 2.24) is 0 Å². The number of nitrogens with two attached hydrogens (primary N) is 1. The molecule has 1 rings (SSSR count). The van der Waals surface area contributed by atoms with Crippen LogP contribution in [0.4, 0.5) is 5.69 Å². The lowest BCUT2D eigenvalue weighted by atomic mass is 10.2. The fourth-order valence-corrected chi connectivity index (χ4v) is 1.35. The molecule has 0 aliphatic carbocycles. The molecule has 3 N–H and O–H groups in total. The molecule has 0 radical (unpaired) electrons. The van der Waals surface area contributed by atoms with Gasteiger partial charge in [-0.3, -0.25) is 0 Å². The van der Waals surface area contributed by atoms with Gasteiger partial charge < -0.3 is 14.9 Å². The van der Waals surface area contributed by atoms with Crippen LogP contribution in [0.2, 0.25) is 0 Å². The second-order valence-electron chi connectivity index (χ2n) is 2.97. The monoisotopic (exact) mass is 196 g/mol. The first kappa shape index (κ1) is 10.7. The van der Waals surface area contributed by atoms with Crippen LogP contribution in [0.5, 0.6) is 11.5 Å². The lowest BCUT2D eigenvalue weighted by Crippen LogP contribution is -2.06. The molecule has 0 aliphatic rings. The average Bonchev–Trinajstić information content (AvgIpc) is 2.17. The van der Waals surface area contributed by atoms with Gasteiger partial charge in [0.05, 0.1) is 7.11 Å². The normalized spacial score (nSPS) is 9.71. The number of hydrogen-bond donors (Lipinski definition) is 2. The van der Waals surface area contributed by atoms with Crippen molar-refractivity contribution in [1.29, 1.82) is 0 Å². The van der Waals surface area contributed by atoms with E-state index in [0.717, 1.165) is 17.8 Å². The van der Waals surface area contributed by atoms with Crippen LogP contribution in [0.1, 0.15) is 12.5 Å². The predicted molar refractivity (Wildman–Crippen MR) is 56.7 cm³/mol.